The zero-order chi connectivity index (χ0) is 24.3. The summed E-state index contributed by atoms with van der Waals surface area (Å²) < 4.78 is 5.71. The van der Waals surface area contributed by atoms with E-state index in [9.17, 15) is 14.4 Å². The molecule has 2 aliphatic rings. The van der Waals surface area contributed by atoms with Gasteiger partial charge in [-0.3, -0.25) is 9.59 Å². The summed E-state index contributed by atoms with van der Waals surface area (Å²) in [5.74, 6) is -1.56. The molecule has 2 aromatic carbocycles. The van der Waals surface area contributed by atoms with Crippen LogP contribution in [-0.4, -0.2) is 66.3 Å². The lowest BCUT2D eigenvalue weighted by Gasteiger charge is -2.40. The van der Waals surface area contributed by atoms with Crippen molar-refractivity contribution in [3.63, 3.8) is 0 Å². The van der Waals surface area contributed by atoms with Crippen LogP contribution < -0.4 is 10.6 Å². The summed E-state index contributed by atoms with van der Waals surface area (Å²) in [4.78, 5) is 38.7. The van der Waals surface area contributed by atoms with Crippen LogP contribution in [0, 0.1) is 0 Å². The Bertz CT molecular complexity index is 1030. The number of amides is 2. The molecule has 2 aromatic rings. The Balaban J connectivity index is 1.43. The average molecular weight is 466 g/mol. The number of rotatable bonds is 7. The minimum Gasteiger partial charge on any atom is -0.480 e. The van der Waals surface area contributed by atoms with Crippen LogP contribution in [0.15, 0.2) is 48.5 Å². The molecule has 180 valence electrons. The number of carboxylic acid groups (broad SMARTS) is 1. The molecule has 8 nitrogen and oxygen atoms in total. The molecule has 1 saturated heterocycles. The van der Waals surface area contributed by atoms with Crippen LogP contribution >= 0.6 is 0 Å². The van der Waals surface area contributed by atoms with Crippen LogP contribution in [0.2, 0.25) is 0 Å². The van der Waals surface area contributed by atoms with Gasteiger partial charge in [-0.25, -0.2) is 4.79 Å². The molecule has 4 rings (SSSR count). The van der Waals surface area contributed by atoms with Crippen molar-refractivity contribution in [1.82, 2.24) is 15.5 Å². The fourth-order valence-corrected chi connectivity index (χ4v) is 4.91. The number of ether oxygens (including phenoxy) is 1. The minimum absolute atomic E-state index is 0.00263. The highest BCUT2D eigenvalue weighted by atomic mass is 16.5. The van der Waals surface area contributed by atoms with Gasteiger partial charge in [-0.15, -0.1) is 0 Å². The Labute approximate surface area is 199 Å². The fraction of sp³-hybridized carbons (Fsp3) is 0.423. The number of piperidine rings is 1. The van der Waals surface area contributed by atoms with Crippen LogP contribution in [0.4, 0.5) is 4.79 Å². The predicted octanol–water partition coefficient (Wildman–Crippen LogP) is 2.97. The van der Waals surface area contributed by atoms with Crippen molar-refractivity contribution in [2.75, 3.05) is 26.7 Å². The quantitative estimate of drug-likeness (QED) is 0.580. The predicted molar refractivity (Wildman–Crippen MR) is 128 cm³/mol. The first-order valence-electron chi connectivity index (χ1n) is 11.6. The van der Waals surface area contributed by atoms with Gasteiger partial charge in [0.25, 0.3) is 0 Å². The standard InChI is InChI=1S/C26H31N3O5/c1-17(24(31)32)27-23(30)15-26(11-13-29(2)14-12-26)28-25(33)34-16-22-20-9-5-3-7-18(20)19-8-4-6-10-21(19)22/h3-10,17,22H,11-16H2,1-2H3,(H,27,30)(H,28,33)(H,31,32)/t17-/m1/s1. The number of aliphatic carboxylic acids is 1. The summed E-state index contributed by atoms with van der Waals surface area (Å²) >= 11 is 0. The third-order valence-corrected chi connectivity index (χ3v) is 6.90. The summed E-state index contributed by atoms with van der Waals surface area (Å²) in [7, 11) is 1.99. The summed E-state index contributed by atoms with van der Waals surface area (Å²) in [5.41, 5.74) is 3.79. The number of likely N-dealkylation sites (tertiary alicyclic amines) is 1. The van der Waals surface area contributed by atoms with Crippen LogP contribution in [0.5, 0.6) is 0 Å². The minimum atomic E-state index is -1.10. The van der Waals surface area contributed by atoms with E-state index in [0.717, 1.165) is 22.3 Å². The molecule has 34 heavy (non-hydrogen) atoms. The average Bonchev–Trinajstić information content (AvgIpc) is 3.13. The van der Waals surface area contributed by atoms with Crippen LogP contribution in [0.3, 0.4) is 0 Å². The highest BCUT2D eigenvalue weighted by molar-refractivity contribution is 5.84. The second kappa shape index (κ2) is 9.85. The molecular formula is C26H31N3O5. The van der Waals surface area contributed by atoms with Crippen LogP contribution in [0.1, 0.15) is 43.2 Å². The van der Waals surface area contributed by atoms with E-state index in [4.69, 9.17) is 9.84 Å². The van der Waals surface area contributed by atoms with Gasteiger partial charge in [-0.05, 0) is 49.1 Å². The molecule has 0 saturated carbocycles. The fourth-order valence-electron chi connectivity index (χ4n) is 4.91. The number of carboxylic acids is 1. The SMILES string of the molecule is C[C@@H](NC(=O)CC1(NC(=O)OCC2c3ccccc3-c3ccccc32)CCN(C)CC1)C(=O)O. The van der Waals surface area contributed by atoms with Gasteiger partial charge in [0, 0.05) is 25.4 Å². The third-order valence-electron chi connectivity index (χ3n) is 6.90. The Kier molecular flexibility index (Phi) is 6.88. The molecule has 0 spiro atoms. The van der Waals surface area contributed by atoms with Crippen molar-refractivity contribution in [2.24, 2.45) is 0 Å². The van der Waals surface area contributed by atoms with E-state index in [2.05, 4.69) is 39.8 Å². The highest BCUT2D eigenvalue weighted by Gasteiger charge is 2.38. The molecule has 0 aromatic heterocycles. The van der Waals surface area contributed by atoms with E-state index >= 15 is 0 Å². The number of nitrogens with one attached hydrogen (secondary N) is 2. The second-order valence-corrected chi connectivity index (χ2v) is 9.34. The van der Waals surface area contributed by atoms with Crippen molar-refractivity contribution in [3.05, 3.63) is 59.7 Å². The van der Waals surface area contributed by atoms with Gasteiger partial charge in [0.05, 0.1) is 5.54 Å². The third kappa shape index (κ3) is 5.07. The van der Waals surface area contributed by atoms with E-state index in [-0.39, 0.29) is 18.9 Å². The number of benzene rings is 2. The largest absolute Gasteiger partial charge is 0.480 e. The smallest absolute Gasteiger partial charge is 0.407 e. The number of hydrogen-bond acceptors (Lipinski definition) is 5. The highest BCUT2D eigenvalue weighted by Crippen LogP contribution is 2.44. The Morgan fingerprint density at radius 2 is 1.62 bits per heavy atom. The van der Waals surface area contributed by atoms with E-state index in [1.54, 1.807) is 0 Å². The molecule has 0 unspecified atom stereocenters. The van der Waals surface area contributed by atoms with Gasteiger partial charge in [0.2, 0.25) is 5.91 Å². The van der Waals surface area contributed by atoms with Crippen LogP contribution in [-0.2, 0) is 14.3 Å². The molecule has 0 bridgehead atoms. The first kappa shape index (κ1) is 23.8. The number of fused-ring (bicyclic) bond motifs is 3. The first-order valence-corrected chi connectivity index (χ1v) is 11.6. The van der Waals surface area contributed by atoms with Gasteiger partial charge in [0.1, 0.15) is 12.6 Å². The van der Waals surface area contributed by atoms with E-state index < -0.39 is 29.6 Å². The van der Waals surface area contributed by atoms with Crippen molar-refractivity contribution >= 4 is 18.0 Å². The maximum atomic E-state index is 12.9. The van der Waals surface area contributed by atoms with Gasteiger partial charge >= 0.3 is 12.1 Å². The van der Waals surface area contributed by atoms with Gasteiger partial charge < -0.3 is 25.4 Å². The van der Waals surface area contributed by atoms with Gasteiger partial charge in [-0.1, -0.05) is 48.5 Å². The van der Waals surface area contributed by atoms with Crippen molar-refractivity contribution in [3.8, 4) is 11.1 Å². The van der Waals surface area contributed by atoms with Gasteiger partial charge in [-0.2, -0.15) is 0 Å². The zero-order valence-corrected chi connectivity index (χ0v) is 19.5. The number of nitrogens with zero attached hydrogens (tertiary/aromatic N) is 1. The summed E-state index contributed by atoms with van der Waals surface area (Å²) in [6.07, 6.45) is 0.582. The summed E-state index contributed by atoms with van der Waals surface area (Å²) in [6.45, 7) is 3.04. The number of alkyl carbamates (subject to hydrolysis) is 1. The number of carbonyl (C=O) groups is 3. The Morgan fingerprint density at radius 3 is 2.18 bits per heavy atom. The lowest BCUT2D eigenvalue weighted by molar-refractivity contribution is -0.141. The topological polar surface area (TPSA) is 108 Å². The maximum Gasteiger partial charge on any atom is 0.407 e. The van der Waals surface area contributed by atoms with Crippen LogP contribution in [0.25, 0.3) is 11.1 Å². The maximum absolute atomic E-state index is 12.9. The molecule has 8 heteroatoms. The van der Waals surface area contributed by atoms with Crippen molar-refractivity contribution in [1.29, 1.82) is 0 Å². The monoisotopic (exact) mass is 465 g/mol. The van der Waals surface area contributed by atoms with Gasteiger partial charge in [0.15, 0.2) is 0 Å². The molecule has 1 aliphatic carbocycles. The Morgan fingerprint density at radius 1 is 1.06 bits per heavy atom. The molecular weight excluding hydrogens is 434 g/mol. The lowest BCUT2D eigenvalue weighted by atomic mass is 9.84. The number of hydrogen-bond donors (Lipinski definition) is 3. The molecule has 1 heterocycles. The van der Waals surface area contributed by atoms with Crippen molar-refractivity contribution < 1.29 is 24.2 Å². The lowest BCUT2D eigenvalue weighted by Crippen LogP contribution is -2.57. The molecule has 3 N–H and O–H groups in total. The molecule has 1 aliphatic heterocycles. The molecule has 0 radical (unpaired) electrons. The molecule has 1 fully saturated rings. The van der Waals surface area contributed by atoms with E-state index in [1.807, 2.05) is 31.3 Å². The number of carbonyl (C=O) groups excluding carboxylic acids is 2. The second-order valence-electron chi connectivity index (χ2n) is 9.34. The normalized spacial score (nSPS) is 17.8. The Hall–Kier alpha value is -3.39. The first-order chi connectivity index (χ1) is 16.3. The zero-order valence-electron chi connectivity index (χ0n) is 19.5. The molecule has 2 amide bonds. The molecule has 1 atom stereocenters. The van der Waals surface area contributed by atoms with E-state index in [1.165, 1.54) is 6.92 Å². The van der Waals surface area contributed by atoms with Crippen molar-refractivity contribution in [2.45, 2.75) is 43.7 Å². The summed E-state index contributed by atoms with van der Waals surface area (Å²) in [6, 6.07) is 15.3. The van der Waals surface area contributed by atoms with E-state index in [0.29, 0.717) is 25.9 Å². The summed E-state index contributed by atoms with van der Waals surface area (Å²) in [5, 5.41) is 14.5.